The van der Waals surface area contributed by atoms with E-state index in [1.807, 2.05) is 6.92 Å². The molecule has 0 aliphatic carbocycles. The van der Waals surface area contributed by atoms with Gasteiger partial charge in [-0.3, -0.25) is 4.79 Å². The van der Waals surface area contributed by atoms with Gasteiger partial charge in [0.2, 0.25) is 0 Å². The zero-order chi connectivity index (χ0) is 21.8. The zero-order valence-electron chi connectivity index (χ0n) is 17.0. The van der Waals surface area contributed by atoms with E-state index >= 15 is 0 Å². The summed E-state index contributed by atoms with van der Waals surface area (Å²) in [7, 11) is 1.76. The van der Waals surface area contributed by atoms with Gasteiger partial charge >= 0.3 is 5.97 Å². The van der Waals surface area contributed by atoms with Gasteiger partial charge in [-0.15, -0.1) is 0 Å². The Morgan fingerprint density at radius 2 is 1.80 bits per heavy atom. The molecule has 0 spiro atoms. The number of carbonyl (C=O) groups is 2. The molecule has 2 aromatic carbocycles. The Labute approximate surface area is 180 Å². The summed E-state index contributed by atoms with van der Waals surface area (Å²) in [5.74, 6) is -0.636. The minimum Gasteiger partial charge on any atom is -0.461 e. The third-order valence-corrected chi connectivity index (χ3v) is 5.19. The number of ether oxygens (including phenoxy) is 1. The van der Waals surface area contributed by atoms with E-state index < -0.39 is 5.97 Å². The van der Waals surface area contributed by atoms with Gasteiger partial charge in [0.15, 0.2) is 5.78 Å². The fraction of sp³-hybridized carbons (Fsp3) is 0.208. The highest BCUT2D eigenvalue weighted by Gasteiger charge is 2.27. The fourth-order valence-electron chi connectivity index (χ4n) is 3.57. The predicted molar refractivity (Wildman–Crippen MR) is 116 cm³/mol. The van der Waals surface area contributed by atoms with Crippen molar-refractivity contribution in [2.45, 2.75) is 20.3 Å². The Hall–Kier alpha value is -3.36. The first-order chi connectivity index (χ1) is 14.4. The number of rotatable bonds is 6. The predicted octanol–water partition coefficient (Wildman–Crippen LogP) is 5.19. The molecule has 3 rings (SSSR count). The largest absolute Gasteiger partial charge is 0.461 e. The maximum absolute atomic E-state index is 12.7. The Morgan fingerprint density at radius 3 is 2.37 bits per heavy atom. The van der Waals surface area contributed by atoms with Crippen LogP contribution in [0.25, 0.3) is 11.1 Å². The molecule has 0 radical (unpaired) electrons. The summed E-state index contributed by atoms with van der Waals surface area (Å²) < 4.78 is 6.94. The van der Waals surface area contributed by atoms with Gasteiger partial charge in [-0.1, -0.05) is 54.9 Å². The van der Waals surface area contributed by atoms with Crippen LogP contribution in [0.4, 0.5) is 0 Å². The molecule has 0 atom stereocenters. The van der Waals surface area contributed by atoms with Crippen LogP contribution in [0.2, 0.25) is 5.02 Å². The van der Waals surface area contributed by atoms with Crippen LogP contribution in [0.15, 0.2) is 48.5 Å². The molecule has 0 amide bonds. The van der Waals surface area contributed by atoms with E-state index in [1.165, 1.54) is 0 Å². The van der Waals surface area contributed by atoms with Crippen LogP contribution < -0.4 is 0 Å². The molecule has 0 N–H and O–H groups in total. The molecular weight excluding hydrogens is 400 g/mol. The molecule has 1 heterocycles. The van der Waals surface area contributed by atoms with E-state index in [9.17, 15) is 14.9 Å². The first-order valence-corrected chi connectivity index (χ1v) is 10.00. The molecule has 0 aliphatic heterocycles. The maximum Gasteiger partial charge on any atom is 0.355 e. The maximum atomic E-state index is 12.7. The third-order valence-electron chi connectivity index (χ3n) is 4.95. The summed E-state index contributed by atoms with van der Waals surface area (Å²) >= 11 is 5.99. The monoisotopic (exact) mass is 420 g/mol. The highest BCUT2D eigenvalue weighted by molar-refractivity contribution is 6.31. The smallest absolute Gasteiger partial charge is 0.355 e. The highest BCUT2D eigenvalue weighted by Crippen LogP contribution is 2.33. The summed E-state index contributed by atoms with van der Waals surface area (Å²) in [5, 5.41) is 10.3. The summed E-state index contributed by atoms with van der Waals surface area (Å²) in [6.45, 7) is 3.91. The van der Waals surface area contributed by atoms with Crippen molar-refractivity contribution in [3.8, 4) is 17.2 Å². The van der Waals surface area contributed by atoms with Crippen LogP contribution in [-0.2, 0) is 18.2 Å². The summed E-state index contributed by atoms with van der Waals surface area (Å²) in [6, 6.07) is 15.9. The molecule has 3 aromatic rings. The number of carbonyl (C=O) groups excluding carboxylic acids is 2. The van der Waals surface area contributed by atoms with Gasteiger partial charge in [0.25, 0.3) is 0 Å². The lowest BCUT2D eigenvalue weighted by atomic mass is 9.96. The van der Waals surface area contributed by atoms with E-state index in [0.717, 1.165) is 5.69 Å². The second-order valence-corrected chi connectivity index (χ2v) is 7.14. The van der Waals surface area contributed by atoms with E-state index in [-0.39, 0.29) is 12.4 Å². The first-order valence-electron chi connectivity index (χ1n) is 9.62. The number of hydrogen-bond donors (Lipinski definition) is 0. The van der Waals surface area contributed by atoms with Crippen LogP contribution >= 0.6 is 11.6 Å². The highest BCUT2D eigenvalue weighted by atomic mass is 35.5. The number of halogens is 1. The normalized spacial score (nSPS) is 10.5. The molecule has 1 aromatic heterocycles. The van der Waals surface area contributed by atoms with Crippen molar-refractivity contribution in [3.63, 3.8) is 0 Å². The number of ketones is 1. The molecule has 0 unspecified atom stereocenters. The number of nitrogens with zero attached hydrogens (tertiary/aromatic N) is 2. The summed E-state index contributed by atoms with van der Waals surface area (Å²) in [5.41, 5.74) is 3.72. The van der Waals surface area contributed by atoms with Gasteiger partial charge in [-0.25, -0.2) is 4.79 Å². The minimum absolute atomic E-state index is 0.155. The molecule has 5 nitrogen and oxygen atoms in total. The van der Waals surface area contributed by atoms with Crippen LogP contribution in [0.1, 0.15) is 51.5 Å². The Morgan fingerprint density at radius 1 is 1.10 bits per heavy atom. The van der Waals surface area contributed by atoms with Crippen molar-refractivity contribution >= 4 is 23.4 Å². The Balaban J connectivity index is 2.09. The van der Waals surface area contributed by atoms with E-state index in [0.29, 0.717) is 45.0 Å². The van der Waals surface area contributed by atoms with E-state index in [2.05, 4.69) is 6.07 Å². The van der Waals surface area contributed by atoms with E-state index in [4.69, 9.17) is 16.3 Å². The second kappa shape index (κ2) is 8.98. The summed E-state index contributed by atoms with van der Waals surface area (Å²) in [6.07, 6.45) is 0.594. The molecule has 0 aliphatic rings. The van der Waals surface area contributed by atoms with Gasteiger partial charge < -0.3 is 9.30 Å². The number of benzene rings is 2. The zero-order valence-corrected chi connectivity index (χ0v) is 17.8. The number of esters is 1. The average molecular weight is 421 g/mol. The van der Waals surface area contributed by atoms with Gasteiger partial charge in [0.1, 0.15) is 11.8 Å². The molecule has 152 valence electrons. The summed E-state index contributed by atoms with van der Waals surface area (Å²) in [4.78, 5) is 25.4. The van der Waals surface area contributed by atoms with Crippen molar-refractivity contribution in [3.05, 3.63) is 81.6 Å². The molecule has 0 bridgehead atoms. The van der Waals surface area contributed by atoms with Crippen LogP contribution in [0, 0.1) is 11.3 Å². The number of hydrogen-bond acceptors (Lipinski definition) is 4. The quantitative estimate of drug-likeness (QED) is 0.406. The standard InChI is InChI=1S/C24H21ClN2O3/c1-4-20-19(14-26)21(22(27(20)3)24(29)30-5-2)15-9-11-16(12-10-15)23(28)17-7-6-8-18(25)13-17/h6-13H,4-5H2,1-3H3. The lowest BCUT2D eigenvalue weighted by Crippen LogP contribution is -2.12. The van der Waals surface area contributed by atoms with E-state index in [1.54, 1.807) is 67.1 Å². The van der Waals surface area contributed by atoms with Crippen LogP contribution in [0.3, 0.4) is 0 Å². The topological polar surface area (TPSA) is 72.1 Å². The van der Waals surface area contributed by atoms with Gasteiger partial charge in [-0.05, 0) is 31.0 Å². The lowest BCUT2D eigenvalue weighted by molar-refractivity contribution is 0.0516. The van der Waals surface area contributed by atoms with Gasteiger partial charge in [0.05, 0.1) is 12.2 Å². The van der Waals surface area contributed by atoms with Crippen molar-refractivity contribution < 1.29 is 14.3 Å². The number of nitriles is 1. The SMILES string of the molecule is CCOC(=O)c1c(-c2ccc(C(=O)c3cccc(Cl)c3)cc2)c(C#N)c(CC)n1C. The Kier molecular flexibility index (Phi) is 6.39. The molecule has 0 saturated carbocycles. The minimum atomic E-state index is -0.481. The van der Waals surface area contributed by atoms with Crippen molar-refractivity contribution in [2.75, 3.05) is 6.61 Å². The fourth-order valence-corrected chi connectivity index (χ4v) is 3.76. The molecule has 0 saturated heterocycles. The molecule has 6 heteroatoms. The van der Waals surface area contributed by atoms with Gasteiger partial charge in [-0.2, -0.15) is 5.26 Å². The molecular formula is C24H21ClN2O3. The second-order valence-electron chi connectivity index (χ2n) is 6.71. The average Bonchev–Trinajstić information content (AvgIpc) is 3.04. The van der Waals surface area contributed by atoms with Crippen LogP contribution in [0.5, 0.6) is 0 Å². The Bertz CT molecular complexity index is 1150. The lowest BCUT2D eigenvalue weighted by Gasteiger charge is -2.09. The molecule has 30 heavy (non-hydrogen) atoms. The van der Waals surface area contributed by atoms with Crippen molar-refractivity contribution in [1.82, 2.24) is 4.57 Å². The van der Waals surface area contributed by atoms with Gasteiger partial charge in [0, 0.05) is 34.5 Å². The molecule has 0 fully saturated rings. The number of aromatic nitrogens is 1. The van der Waals surface area contributed by atoms with Crippen molar-refractivity contribution in [2.24, 2.45) is 7.05 Å². The first kappa shape index (κ1) is 21.4. The van der Waals surface area contributed by atoms with Crippen LogP contribution in [-0.4, -0.2) is 22.9 Å². The van der Waals surface area contributed by atoms with Crippen molar-refractivity contribution in [1.29, 1.82) is 5.26 Å². The third kappa shape index (κ3) is 3.87.